The van der Waals surface area contributed by atoms with Crippen molar-refractivity contribution in [3.63, 3.8) is 0 Å². The van der Waals surface area contributed by atoms with E-state index in [-0.39, 0.29) is 114 Å². The van der Waals surface area contributed by atoms with E-state index in [0.717, 1.165) is 24.2 Å². The van der Waals surface area contributed by atoms with Crippen molar-refractivity contribution in [2.24, 2.45) is 35.5 Å². The van der Waals surface area contributed by atoms with Crippen LogP contribution in [-0.4, -0.2) is 268 Å². The molecule has 0 aromatic heterocycles. The number of nitrogens with one attached hydrogen (secondary N) is 3. The maximum absolute atomic E-state index is 15.8. The number of alkyl halides is 5. The molecule has 0 radical (unpaired) electrons. The lowest BCUT2D eigenvalue weighted by atomic mass is 9.78. The summed E-state index contributed by atoms with van der Waals surface area (Å²) in [6.07, 6.45) is 2.64. The Bertz CT molecular complexity index is 3050. The van der Waals surface area contributed by atoms with E-state index in [4.69, 9.17) is 11.6 Å². The Kier molecular flexibility index (Phi) is 28.6. The highest BCUT2D eigenvalue weighted by Gasteiger charge is 2.53. The summed E-state index contributed by atoms with van der Waals surface area (Å²) in [4.78, 5) is 193. The van der Waals surface area contributed by atoms with Gasteiger partial charge < -0.3 is 60.0 Å². The smallest absolute Gasteiger partial charge is 0.343 e. The number of likely N-dealkylation sites (N-methyl/N-ethyl adjacent to an activating group) is 6. The third-order valence-electron chi connectivity index (χ3n) is 24.5. The summed E-state index contributed by atoms with van der Waals surface area (Å²) in [5.41, 5.74) is -1.56. The van der Waals surface area contributed by atoms with Gasteiger partial charge in [0, 0.05) is 73.8 Å². The molecular weight excluding hydrogens is 1360 g/mol. The van der Waals surface area contributed by atoms with Gasteiger partial charge in [0.05, 0.1) is 18.9 Å². The lowest BCUT2D eigenvalue weighted by Gasteiger charge is -2.45. The van der Waals surface area contributed by atoms with Gasteiger partial charge in [-0.1, -0.05) is 59.8 Å². The van der Waals surface area contributed by atoms with E-state index < -0.39 is 179 Å². The molecule has 4 aliphatic heterocycles. The molecule has 103 heavy (non-hydrogen) atoms. The predicted octanol–water partition coefficient (Wildman–Crippen LogP) is 6.57. The van der Waals surface area contributed by atoms with Crippen LogP contribution >= 0.6 is 11.6 Å². The number of carbonyl (C=O) groups is 12. The van der Waals surface area contributed by atoms with Crippen molar-refractivity contribution in [3.05, 3.63) is 0 Å². The SMILES string of the molecule is CC[C@H](C)[C@@H]1NC(=O)[C@H](CC(C)C)N(C)C(=O)C[C@@H](C(=O)N2CCCCC2)N(C)C(=O)[C@H](C2CCCC2)N(C)C(=O)C2(CCCC2)NC(=O)[C@@H]2CCCN2C(=O)[C@H](CCC2CCC(C(F)(F)F)C(Cl)C2)NC(=O)CN(C)C(=O)[C@H](CC2CCC(F)CC2)N(C)C(=O)[C@@H]2CCN2C(=O)[C@H](C)N(C)C1=O. The van der Waals surface area contributed by atoms with Gasteiger partial charge in [0.15, 0.2) is 0 Å². The van der Waals surface area contributed by atoms with Crippen LogP contribution in [0, 0.1) is 35.5 Å². The first-order valence-corrected chi connectivity index (χ1v) is 38.8. The molecule has 8 fully saturated rings. The van der Waals surface area contributed by atoms with E-state index in [0.29, 0.717) is 77.3 Å². The Morgan fingerprint density at radius 2 is 1.23 bits per heavy atom. The molecule has 12 amide bonds. The maximum Gasteiger partial charge on any atom is 0.393 e. The molecule has 0 bridgehead atoms. The topological polar surface area (TPSA) is 270 Å². The summed E-state index contributed by atoms with van der Waals surface area (Å²) in [5, 5.41) is 7.61. The zero-order chi connectivity index (χ0) is 75.7. The molecule has 4 aliphatic carbocycles. The number of likely N-dealkylation sites (tertiary alicyclic amines) is 1. The second-order valence-electron chi connectivity index (χ2n) is 32.0. The van der Waals surface area contributed by atoms with Crippen molar-refractivity contribution in [1.29, 1.82) is 0 Å². The summed E-state index contributed by atoms with van der Waals surface area (Å²) in [6.45, 7) is 9.13. The number of fused-ring (bicyclic) bond motifs is 2. The minimum Gasteiger partial charge on any atom is -0.343 e. The second-order valence-corrected chi connectivity index (χ2v) is 32.5. The van der Waals surface area contributed by atoms with Crippen molar-refractivity contribution in [2.75, 3.05) is 75.0 Å². The fraction of sp³-hybridized carbons (Fsp3) is 0.838. The second kappa shape index (κ2) is 35.8. The van der Waals surface area contributed by atoms with Crippen LogP contribution in [0.4, 0.5) is 17.6 Å². The van der Waals surface area contributed by atoms with Crippen LogP contribution in [0.2, 0.25) is 0 Å². The highest BCUT2D eigenvalue weighted by atomic mass is 35.5. The zero-order valence-corrected chi connectivity index (χ0v) is 63.5. The van der Waals surface area contributed by atoms with Crippen LogP contribution in [0.5, 0.6) is 0 Å². The Labute approximate surface area is 611 Å². The van der Waals surface area contributed by atoms with E-state index in [1.54, 1.807) is 11.8 Å². The van der Waals surface area contributed by atoms with Crippen LogP contribution < -0.4 is 16.0 Å². The monoisotopic (exact) mass is 1480 g/mol. The minimum absolute atomic E-state index is 0.0169. The van der Waals surface area contributed by atoms with Gasteiger partial charge in [0.25, 0.3) is 0 Å². The predicted molar refractivity (Wildman–Crippen MR) is 377 cm³/mol. The summed E-state index contributed by atoms with van der Waals surface area (Å²) in [5.74, 6) is -11.0. The fourth-order valence-corrected chi connectivity index (χ4v) is 18.0. The van der Waals surface area contributed by atoms with Gasteiger partial charge in [-0.2, -0.15) is 13.2 Å². The molecule has 4 saturated heterocycles. The van der Waals surface area contributed by atoms with E-state index in [9.17, 15) is 41.5 Å². The van der Waals surface area contributed by atoms with Gasteiger partial charge in [0.2, 0.25) is 70.9 Å². The van der Waals surface area contributed by atoms with Gasteiger partial charge in [-0.3, -0.25) is 57.5 Å². The normalized spacial score (nSPS) is 32.6. The molecule has 13 atom stereocenters. The molecule has 0 aromatic rings. The summed E-state index contributed by atoms with van der Waals surface area (Å²) in [7, 11) is 8.64. The highest BCUT2D eigenvalue weighted by molar-refractivity contribution is 6.21. The molecule has 29 heteroatoms. The minimum atomic E-state index is -4.52. The number of rotatable bonds is 11. The summed E-state index contributed by atoms with van der Waals surface area (Å²) >= 11 is 6.41. The number of nitrogens with zero attached hydrogens (tertiary/aromatic N) is 9. The lowest BCUT2D eigenvalue weighted by Crippen LogP contribution is -2.65. The van der Waals surface area contributed by atoms with E-state index in [2.05, 4.69) is 16.0 Å². The molecule has 4 heterocycles. The van der Waals surface area contributed by atoms with Crippen LogP contribution in [0.1, 0.15) is 208 Å². The number of amides is 12. The molecule has 3 N–H and O–H groups in total. The average Bonchev–Trinajstić information content (AvgIpc) is 1.41. The molecule has 8 rings (SSSR count). The number of hydrogen-bond acceptors (Lipinski definition) is 12. The Balaban J connectivity index is 1.17. The first-order valence-electron chi connectivity index (χ1n) is 38.3. The number of piperidine rings is 1. The lowest BCUT2D eigenvalue weighted by molar-refractivity contribution is -0.182. The molecule has 580 valence electrons. The zero-order valence-electron chi connectivity index (χ0n) is 62.8. The van der Waals surface area contributed by atoms with E-state index >= 15 is 33.6 Å². The van der Waals surface area contributed by atoms with Crippen molar-refractivity contribution in [2.45, 2.75) is 286 Å². The van der Waals surface area contributed by atoms with Gasteiger partial charge in [0.1, 0.15) is 66.1 Å². The van der Waals surface area contributed by atoms with Gasteiger partial charge in [-0.05, 0) is 171 Å². The number of carbonyl (C=O) groups excluding carboxylic acids is 12. The van der Waals surface area contributed by atoms with Gasteiger partial charge in [-0.25, -0.2) is 4.39 Å². The van der Waals surface area contributed by atoms with Crippen molar-refractivity contribution in [3.8, 4) is 0 Å². The Hall–Kier alpha value is -6.35. The molecule has 24 nitrogen and oxygen atoms in total. The van der Waals surface area contributed by atoms with Crippen LogP contribution in [0.3, 0.4) is 0 Å². The van der Waals surface area contributed by atoms with Crippen LogP contribution in [0.25, 0.3) is 0 Å². The summed E-state index contributed by atoms with van der Waals surface area (Å²) in [6, 6.07) is -11.0. The van der Waals surface area contributed by atoms with E-state index in [1.165, 1.54) is 83.5 Å². The molecule has 8 aliphatic rings. The average molecular weight is 1480 g/mol. The molecule has 4 saturated carbocycles. The fourth-order valence-electron chi connectivity index (χ4n) is 17.5. The molecular formula is C74H117ClF4N12O12. The Morgan fingerprint density at radius 1 is 0.602 bits per heavy atom. The largest absolute Gasteiger partial charge is 0.393 e. The molecule has 3 unspecified atom stereocenters. The number of hydrogen-bond donors (Lipinski definition) is 3. The van der Waals surface area contributed by atoms with Crippen molar-refractivity contribution >= 4 is 82.5 Å². The van der Waals surface area contributed by atoms with Crippen LogP contribution in [0.15, 0.2) is 0 Å². The van der Waals surface area contributed by atoms with Crippen molar-refractivity contribution in [1.82, 2.24) is 60.0 Å². The Morgan fingerprint density at radius 3 is 1.83 bits per heavy atom. The third-order valence-corrected chi connectivity index (χ3v) is 25.0. The van der Waals surface area contributed by atoms with Crippen molar-refractivity contribution < 1.29 is 75.1 Å². The standard InChI is InChI=1S/C74H117ClF4N12O12/c1-12-45(4)61-70(101)84(7)46(5)65(96)91-38-32-55(91)68(99)86(9)57(41-48-24-28-50(76)29-25-48)67(98)83(6)43-59(92)80-53(31-27-47-26-30-51(52(75)40-47)74(77,78)79)66(97)90-37-20-23-54(90)64(95)82-73(33-16-17-34-73)72(103)88(11)62(49-21-14-15-22-49)71(102)87(10)58(69(100)89-35-18-13-19-36-89)42-60(93)85(8)56(39-44(2)3)63(94)81-61/h44-58,61-62H,12-43H2,1-11H3,(H,80,92)(H,81,94)(H,82,95)/t45-,46-,47?,48?,50?,51?,52?,53-,54-,55-,56-,57-,58-,61-,62-/m0/s1. The van der Waals surface area contributed by atoms with Gasteiger partial charge >= 0.3 is 6.18 Å². The maximum atomic E-state index is 15.8. The quantitative estimate of drug-likeness (QED) is 0.146. The molecule has 0 aromatic carbocycles. The first-order chi connectivity index (χ1) is 48.6. The van der Waals surface area contributed by atoms with E-state index in [1.807, 2.05) is 20.8 Å². The third kappa shape index (κ3) is 19.5. The number of halogens is 5. The van der Waals surface area contributed by atoms with Crippen LogP contribution in [-0.2, 0) is 57.5 Å². The molecule has 1 spiro atoms. The first kappa shape index (κ1) is 82.3. The highest BCUT2D eigenvalue weighted by Crippen LogP contribution is 2.44. The summed E-state index contributed by atoms with van der Waals surface area (Å²) < 4.78 is 56.8. The van der Waals surface area contributed by atoms with Gasteiger partial charge in [-0.15, -0.1) is 11.6 Å².